The number of amides is 1. The number of nitrogens with two attached hydrogens (primary N) is 1. The van der Waals surface area contributed by atoms with Gasteiger partial charge in [-0.15, -0.1) is 0 Å². The Balaban J connectivity index is 5.24. The predicted molar refractivity (Wildman–Crippen MR) is 86.1 cm³/mol. The van der Waals surface area contributed by atoms with Gasteiger partial charge in [0.2, 0.25) is 5.91 Å². The van der Waals surface area contributed by atoms with Gasteiger partial charge in [0.05, 0.1) is 10.4 Å². The molecule has 0 rings (SSSR count). The molecular weight excluding hydrogens is 256 g/mol. The number of thiocarbonyl (C=S) groups is 1. The third-order valence-corrected chi connectivity index (χ3v) is 3.68. The summed E-state index contributed by atoms with van der Waals surface area (Å²) in [6.45, 7) is 11.2. The van der Waals surface area contributed by atoms with Crippen molar-refractivity contribution < 1.29 is 4.79 Å². The summed E-state index contributed by atoms with van der Waals surface area (Å²) in [5, 5.41) is 0. The highest BCUT2D eigenvalue weighted by Crippen LogP contribution is 2.33. The zero-order chi connectivity index (χ0) is 15.3. The molecule has 0 aromatic heterocycles. The second-order valence-electron chi connectivity index (χ2n) is 6.67. The van der Waals surface area contributed by atoms with Gasteiger partial charge in [-0.05, 0) is 18.3 Å². The van der Waals surface area contributed by atoms with Crippen molar-refractivity contribution in [3.05, 3.63) is 0 Å². The number of nitrogens with zero attached hydrogens (tertiary/aromatic N) is 1. The quantitative estimate of drug-likeness (QED) is 0.730. The van der Waals surface area contributed by atoms with Crippen molar-refractivity contribution in [3.63, 3.8) is 0 Å². The summed E-state index contributed by atoms with van der Waals surface area (Å²) in [5.41, 5.74) is 5.35. The molecule has 0 spiro atoms. The number of hydrogen-bond donors (Lipinski definition) is 1. The van der Waals surface area contributed by atoms with Gasteiger partial charge < -0.3 is 10.6 Å². The summed E-state index contributed by atoms with van der Waals surface area (Å²) in [7, 11) is 1.85. The van der Waals surface area contributed by atoms with Crippen molar-refractivity contribution in [1.29, 1.82) is 0 Å². The molecule has 0 aliphatic carbocycles. The lowest BCUT2D eigenvalue weighted by molar-refractivity contribution is -0.138. The molecule has 0 bridgehead atoms. The van der Waals surface area contributed by atoms with Crippen LogP contribution >= 0.6 is 12.2 Å². The van der Waals surface area contributed by atoms with Gasteiger partial charge in [-0.2, -0.15) is 0 Å². The fourth-order valence-electron chi connectivity index (χ4n) is 2.69. The summed E-state index contributed by atoms with van der Waals surface area (Å²) in [5.74, 6) is 0.0821. The molecule has 3 nitrogen and oxygen atoms in total. The van der Waals surface area contributed by atoms with Gasteiger partial charge in [-0.1, -0.05) is 59.7 Å². The van der Waals surface area contributed by atoms with Crippen LogP contribution in [0, 0.1) is 10.8 Å². The molecule has 4 heteroatoms. The fraction of sp³-hybridized carbons (Fsp3) is 0.867. The summed E-state index contributed by atoms with van der Waals surface area (Å²) in [4.78, 5) is 15.0. The molecular formula is C15H30N2OS. The van der Waals surface area contributed by atoms with Crippen LogP contribution in [-0.4, -0.2) is 29.4 Å². The highest BCUT2D eigenvalue weighted by molar-refractivity contribution is 7.80. The Bertz CT molecular complexity index is 315. The van der Waals surface area contributed by atoms with E-state index in [4.69, 9.17) is 18.0 Å². The number of carbonyl (C=O) groups excluding carboxylic acids is 1. The van der Waals surface area contributed by atoms with E-state index in [1.165, 1.54) is 0 Å². The van der Waals surface area contributed by atoms with Gasteiger partial charge >= 0.3 is 0 Å². The Morgan fingerprint density at radius 3 is 1.84 bits per heavy atom. The first-order valence-electron chi connectivity index (χ1n) is 7.16. The Labute approximate surface area is 123 Å². The minimum atomic E-state index is -0.654. The lowest BCUT2D eigenvalue weighted by Gasteiger charge is -2.37. The summed E-state index contributed by atoms with van der Waals surface area (Å²) < 4.78 is 0. The monoisotopic (exact) mass is 286 g/mol. The van der Waals surface area contributed by atoms with Crippen molar-refractivity contribution >= 4 is 23.1 Å². The van der Waals surface area contributed by atoms with Crippen LogP contribution in [0.2, 0.25) is 0 Å². The van der Waals surface area contributed by atoms with E-state index in [9.17, 15) is 4.79 Å². The van der Waals surface area contributed by atoms with E-state index >= 15 is 0 Å². The molecule has 0 atom stereocenters. The summed E-state index contributed by atoms with van der Waals surface area (Å²) in [6.07, 6.45) is 3.30. The maximum Gasteiger partial charge on any atom is 0.235 e. The first kappa shape index (κ1) is 18.4. The second-order valence-corrected chi connectivity index (χ2v) is 7.11. The maximum absolute atomic E-state index is 12.8. The van der Waals surface area contributed by atoms with E-state index < -0.39 is 5.41 Å². The molecule has 0 heterocycles. The Morgan fingerprint density at radius 2 is 1.58 bits per heavy atom. The van der Waals surface area contributed by atoms with Crippen molar-refractivity contribution in [1.82, 2.24) is 4.90 Å². The average Bonchev–Trinajstić information content (AvgIpc) is 2.24. The van der Waals surface area contributed by atoms with Crippen LogP contribution in [0.5, 0.6) is 0 Å². The smallest absolute Gasteiger partial charge is 0.235 e. The van der Waals surface area contributed by atoms with E-state index in [1.807, 2.05) is 7.05 Å². The van der Waals surface area contributed by atoms with Crippen LogP contribution in [0.4, 0.5) is 0 Å². The lowest BCUT2D eigenvalue weighted by Crippen LogP contribution is -2.51. The number of rotatable bonds is 7. The molecule has 0 fully saturated rings. The van der Waals surface area contributed by atoms with Crippen molar-refractivity contribution in [2.75, 3.05) is 13.6 Å². The number of carbonyl (C=O) groups is 1. The van der Waals surface area contributed by atoms with E-state index in [1.54, 1.807) is 4.90 Å². The molecule has 1 amide bonds. The highest BCUT2D eigenvalue weighted by atomic mass is 32.1. The molecule has 0 aromatic rings. The average molecular weight is 286 g/mol. The normalized spacial score (nSPS) is 12.3. The third-order valence-electron chi connectivity index (χ3n) is 3.29. The minimum absolute atomic E-state index is 0.0742. The third kappa shape index (κ3) is 5.09. The van der Waals surface area contributed by atoms with Crippen LogP contribution < -0.4 is 5.73 Å². The van der Waals surface area contributed by atoms with Crippen molar-refractivity contribution in [3.8, 4) is 0 Å². The lowest BCUT2D eigenvalue weighted by atomic mass is 9.77. The summed E-state index contributed by atoms with van der Waals surface area (Å²) >= 11 is 5.23. The van der Waals surface area contributed by atoms with Crippen molar-refractivity contribution in [2.45, 2.75) is 60.3 Å². The molecule has 0 aliphatic heterocycles. The van der Waals surface area contributed by atoms with E-state index in [2.05, 4.69) is 34.6 Å². The molecule has 0 radical (unpaired) electrons. The zero-order valence-corrected chi connectivity index (χ0v) is 14.2. The minimum Gasteiger partial charge on any atom is -0.392 e. The van der Waals surface area contributed by atoms with E-state index in [0.29, 0.717) is 11.5 Å². The van der Waals surface area contributed by atoms with Gasteiger partial charge in [0.1, 0.15) is 0 Å². The predicted octanol–water partition coefficient (Wildman–Crippen LogP) is 3.36. The zero-order valence-electron chi connectivity index (χ0n) is 13.4. The van der Waals surface area contributed by atoms with Crippen LogP contribution in [0.1, 0.15) is 60.3 Å². The molecule has 19 heavy (non-hydrogen) atoms. The van der Waals surface area contributed by atoms with Crippen molar-refractivity contribution in [2.24, 2.45) is 16.6 Å². The molecule has 0 aromatic carbocycles. The highest BCUT2D eigenvalue weighted by Gasteiger charge is 2.42. The number of hydrogen-bond acceptors (Lipinski definition) is 2. The van der Waals surface area contributed by atoms with Crippen LogP contribution in [0.15, 0.2) is 0 Å². The van der Waals surface area contributed by atoms with E-state index in [-0.39, 0.29) is 11.3 Å². The molecule has 0 saturated heterocycles. The van der Waals surface area contributed by atoms with Gasteiger partial charge in [-0.3, -0.25) is 4.79 Å². The first-order valence-corrected chi connectivity index (χ1v) is 7.57. The molecule has 0 unspecified atom stereocenters. The Kier molecular flexibility index (Phi) is 6.98. The molecule has 0 saturated carbocycles. The van der Waals surface area contributed by atoms with Gasteiger partial charge in [0.15, 0.2) is 0 Å². The standard InChI is InChI=1S/C15H30N2OS/c1-7-9-15(10-8-2,12(16)19)13(18)17(6)11-14(3,4)5/h7-11H2,1-6H3,(H2,16,19). The molecule has 2 N–H and O–H groups in total. The van der Waals surface area contributed by atoms with Gasteiger partial charge in [0, 0.05) is 13.6 Å². The molecule has 112 valence electrons. The van der Waals surface area contributed by atoms with Crippen LogP contribution in [0.3, 0.4) is 0 Å². The van der Waals surface area contributed by atoms with Gasteiger partial charge in [-0.25, -0.2) is 0 Å². The Hall–Kier alpha value is -0.640. The van der Waals surface area contributed by atoms with Crippen LogP contribution in [-0.2, 0) is 4.79 Å². The largest absolute Gasteiger partial charge is 0.392 e. The SMILES string of the molecule is CCCC(CCC)(C(=O)N(C)CC(C)(C)C)C(N)=S. The topological polar surface area (TPSA) is 46.3 Å². The van der Waals surface area contributed by atoms with E-state index in [0.717, 1.165) is 25.7 Å². The second kappa shape index (κ2) is 7.22. The maximum atomic E-state index is 12.8. The Morgan fingerprint density at radius 1 is 1.16 bits per heavy atom. The van der Waals surface area contributed by atoms with Gasteiger partial charge in [0.25, 0.3) is 0 Å². The fourth-order valence-corrected chi connectivity index (χ4v) is 2.98. The van der Waals surface area contributed by atoms with Crippen LogP contribution in [0.25, 0.3) is 0 Å². The summed E-state index contributed by atoms with van der Waals surface area (Å²) in [6, 6.07) is 0. The molecule has 0 aliphatic rings. The first-order chi connectivity index (χ1) is 8.60.